The van der Waals surface area contributed by atoms with E-state index < -0.39 is 11.6 Å². The molecule has 2 fully saturated rings. The number of hydrogen-bond donors (Lipinski definition) is 2. The highest BCUT2D eigenvalue weighted by Gasteiger charge is 2.54. The van der Waals surface area contributed by atoms with Crippen molar-refractivity contribution in [3.8, 4) is 22.9 Å². The molecule has 0 unspecified atom stereocenters. The van der Waals surface area contributed by atoms with Gasteiger partial charge in [0.25, 0.3) is 0 Å². The number of aryl methyl sites for hydroxylation is 1. The summed E-state index contributed by atoms with van der Waals surface area (Å²) in [5.74, 6) is -0.235. The Hall–Kier alpha value is -3.40. The van der Waals surface area contributed by atoms with E-state index in [0.717, 1.165) is 25.9 Å². The third kappa shape index (κ3) is 2.97. The van der Waals surface area contributed by atoms with Gasteiger partial charge in [0.1, 0.15) is 11.6 Å². The lowest BCUT2D eigenvalue weighted by atomic mass is 9.60. The van der Waals surface area contributed by atoms with Gasteiger partial charge in [0.05, 0.1) is 18.1 Å². The number of hydrogen-bond acceptors (Lipinski definition) is 8. The van der Waals surface area contributed by atoms with Gasteiger partial charge in [-0.1, -0.05) is 0 Å². The molecule has 1 aliphatic heterocycles. The van der Waals surface area contributed by atoms with Crippen molar-refractivity contribution in [3.05, 3.63) is 47.2 Å². The molecular formula is C23H23F2N7O. The molecule has 1 saturated heterocycles. The highest BCUT2D eigenvalue weighted by molar-refractivity contribution is 5.89. The highest BCUT2D eigenvalue weighted by Crippen LogP contribution is 2.53. The lowest BCUT2D eigenvalue weighted by molar-refractivity contribution is 0.0558. The second kappa shape index (κ2) is 7.05. The summed E-state index contributed by atoms with van der Waals surface area (Å²) in [6, 6.07) is 1.46. The van der Waals surface area contributed by atoms with Crippen LogP contribution in [0.4, 0.5) is 20.3 Å². The molecule has 8 nitrogen and oxygen atoms in total. The molecule has 2 aliphatic carbocycles. The van der Waals surface area contributed by atoms with Crippen molar-refractivity contribution < 1.29 is 13.5 Å². The zero-order valence-electron chi connectivity index (χ0n) is 18.3. The Kier molecular flexibility index (Phi) is 4.32. The minimum Gasteiger partial charge on any atom is -0.421 e. The van der Waals surface area contributed by atoms with Crippen molar-refractivity contribution in [1.82, 2.24) is 19.9 Å². The van der Waals surface area contributed by atoms with Crippen molar-refractivity contribution >= 4 is 11.5 Å². The fourth-order valence-electron chi connectivity index (χ4n) is 5.14. The number of nitrogens with two attached hydrogens (primary N) is 1. The lowest BCUT2D eigenvalue weighted by Gasteiger charge is -2.60. The predicted molar refractivity (Wildman–Crippen MR) is 118 cm³/mol. The topological polar surface area (TPSA) is 102 Å². The number of aromatic nitrogens is 4. The molecule has 2 aromatic heterocycles. The van der Waals surface area contributed by atoms with Crippen LogP contribution >= 0.6 is 0 Å². The van der Waals surface area contributed by atoms with Gasteiger partial charge in [-0.15, -0.1) is 0 Å². The van der Waals surface area contributed by atoms with Gasteiger partial charge in [0.2, 0.25) is 0 Å². The Labute approximate surface area is 189 Å². The van der Waals surface area contributed by atoms with Crippen LogP contribution in [0.1, 0.15) is 29.9 Å². The zero-order chi connectivity index (χ0) is 22.9. The Morgan fingerprint density at radius 3 is 2.58 bits per heavy atom. The molecule has 3 N–H and O–H groups in total. The molecule has 1 spiro atoms. The summed E-state index contributed by atoms with van der Waals surface area (Å²) in [5.41, 5.74) is 8.85. The van der Waals surface area contributed by atoms with Crippen LogP contribution in [-0.4, -0.2) is 46.1 Å². The molecule has 33 heavy (non-hydrogen) atoms. The summed E-state index contributed by atoms with van der Waals surface area (Å²) in [5, 5.41) is 2.97. The molecular weight excluding hydrogens is 428 g/mol. The second-order valence-corrected chi connectivity index (χ2v) is 9.08. The molecule has 3 heterocycles. The number of fused-ring (bicyclic) bond motifs is 3. The largest absolute Gasteiger partial charge is 0.421 e. The average Bonchev–Trinajstić information content (AvgIpc) is 3.15. The average molecular weight is 451 g/mol. The van der Waals surface area contributed by atoms with Crippen LogP contribution in [0.2, 0.25) is 0 Å². The normalized spacial score (nSPS) is 19.5. The van der Waals surface area contributed by atoms with Gasteiger partial charge in [0, 0.05) is 60.9 Å². The molecule has 0 radical (unpaired) electrons. The molecule has 0 amide bonds. The molecule has 3 aliphatic rings. The van der Waals surface area contributed by atoms with Crippen LogP contribution in [0.15, 0.2) is 18.5 Å². The predicted octanol–water partition coefficient (Wildman–Crippen LogP) is 3.19. The van der Waals surface area contributed by atoms with Gasteiger partial charge in [0.15, 0.2) is 17.4 Å². The number of rotatable bonds is 4. The first-order chi connectivity index (χ1) is 15.9. The maximum absolute atomic E-state index is 15.1. The number of nitrogens with zero attached hydrogens (tertiary/aromatic N) is 5. The lowest BCUT2D eigenvalue weighted by Crippen LogP contribution is -2.69. The van der Waals surface area contributed by atoms with Crippen LogP contribution < -0.4 is 20.7 Å². The fraction of sp³-hybridized carbons (Fsp3) is 0.391. The first kappa shape index (κ1) is 20.2. The summed E-state index contributed by atoms with van der Waals surface area (Å²) in [4.78, 5) is 19.6. The van der Waals surface area contributed by atoms with Gasteiger partial charge in [-0.2, -0.15) is 9.97 Å². The van der Waals surface area contributed by atoms with E-state index in [-0.39, 0.29) is 23.0 Å². The van der Waals surface area contributed by atoms with Crippen molar-refractivity contribution in [1.29, 1.82) is 0 Å². The van der Waals surface area contributed by atoms with Gasteiger partial charge in [-0.25, -0.2) is 18.7 Å². The van der Waals surface area contributed by atoms with Gasteiger partial charge in [-0.3, -0.25) is 0 Å². The van der Waals surface area contributed by atoms with Crippen molar-refractivity contribution in [2.24, 2.45) is 11.1 Å². The Morgan fingerprint density at radius 1 is 1.18 bits per heavy atom. The number of anilines is 2. The van der Waals surface area contributed by atoms with Crippen LogP contribution in [0.5, 0.6) is 11.8 Å². The molecule has 6 rings (SSSR count). The molecule has 0 bridgehead atoms. The van der Waals surface area contributed by atoms with Crippen LogP contribution in [-0.2, 0) is 6.42 Å². The van der Waals surface area contributed by atoms with E-state index in [1.807, 2.05) is 0 Å². The molecule has 1 saturated carbocycles. The summed E-state index contributed by atoms with van der Waals surface area (Å²) >= 11 is 0. The quantitative estimate of drug-likeness (QED) is 0.488. The van der Waals surface area contributed by atoms with Gasteiger partial charge in [-0.05, 0) is 25.3 Å². The molecule has 1 atom stereocenters. The molecule has 1 aromatic carbocycles. The summed E-state index contributed by atoms with van der Waals surface area (Å²) in [7, 11) is 1.69. The highest BCUT2D eigenvalue weighted by atomic mass is 19.2. The summed E-state index contributed by atoms with van der Waals surface area (Å²) < 4.78 is 35.4. The van der Waals surface area contributed by atoms with E-state index in [1.54, 1.807) is 26.4 Å². The summed E-state index contributed by atoms with van der Waals surface area (Å²) in [6.45, 7) is 3.22. The van der Waals surface area contributed by atoms with Crippen molar-refractivity contribution in [2.45, 2.75) is 32.2 Å². The Morgan fingerprint density at radius 2 is 1.94 bits per heavy atom. The Bertz CT molecular complexity index is 1280. The number of ether oxygens (including phenoxy) is 1. The van der Waals surface area contributed by atoms with E-state index in [4.69, 9.17) is 10.5 Å². The number of benzene rings is 1. The van der Waals surface area contributed by atoms with Crippen LogP contribution in [0, 0.1) is 24.0 Å². The van der Waals surface area contributed by atoms with Crippen LogP contribution in [0.3, 0.4) is 0 Å². The first-order valence-corrected chi connectivity index (χ1v) is 11.0. The fourth-order valence-corrected chi connectivity index (χ4v) is 5.14. The van der Waals surface area contributed by atoms with Crippen molar-refractivity contribution in [3.63, 3.8) is 0 Å². The van der Waals surface area contributed by atoms with Gasteiger partial charge < -0.3 is 20.7 Å². The minimum atomic E-state index is -0.907. The molecule has 3 aromatic rings. The van der Waals surface area contributed by atoms with Crippen molar-refractivity contribution in [2.75, 3.05) is 30.4 Å². The van der Waals surface area contributed by atoms with E-state index in [1.165, 1.54) is 6.07 Å². The van der Waals surface area contributed by atoms with Crippen LogP contribution in [0.25, 0.3) is 11.1 Å². The Balaban J connectivity index is 1.46. The van der Waals surface area contributed by atoms with E-state index in [0.29, 0.717) is 46.3 Å². The third-order valence-electron chi connectivity index (χ3n) is 7.15. The molecule has 10 heteroatoms. The first-order valence-electron chi connectivity index (χ1n) is 11.0. The zero-order valence-corrected chi connectivity index (χ0v) is 18.3. The van der Waals surface area contributed by atoms with E-state index in [2.05, 4.69) is 30.2 Å². The number of halogens is 2. The van der Waals surface area contributed by atoms with Gasteiger partial charge >= 0.3 is 6.01 Å². The minimum absolute atomic E-state index is 0.0711. The monoisotopic (exact) mass is 451 g/mol. The maximum atomic E-state index is 15.1. The second-order valence-electron chi connectivity index (χ2n) is 9.08. The van der Waals surface area contributed by atoms with E-state index in [9.17, 15) is 4.39 Å². The smallest absolute Gasteiger partial charge is 0.324 e. The third-order valence-corrected chi connectivity index (χ3v) is 7.15. The number of nitrogens with one attached hydrogen (secondary N) is 1. The standard InChI is InChI=1S/C23H23F2N7O/c1-11-28-7-12(8-29-11)33-22-30-16-5-13-15(27-2)6-14(24)20(25)18(13)19(16)21(31-22)32-9-23(10-32)4-3-17(23)26/h6-8,17,27H,3-5,9-10,26H2,1-2H3/t17-/m1/s1. The molecule has 170 valence electrons. The maximum Gasteiger partial charge on any atom is 0.324 e. The summed E-state index contributed by atoms with van der Waals surface area (Å²) in [6.07, 6.45) is 5.50. The SMILES string of the molecule is CNc1cc(F)c(F)c2c1Cc1nc(Oc3cnc(C)nc3)nc(N3CC4(CC[C@H]4N)C3)c1-2. The van der Waals surface area contributed by atoms with E-state index >= 15 is 4.39 Å².